The van der Waals surface area contributed by atoms with Crippen molar-refractivity contribution < 1.29 is 32.7 Å². The number of carbonyl (C=O) groups is 4. The molecule has 1 heterocycles. The van der Waals surface area contributed by atoms with Gasteiger partial charge in [-0.15, -0.1) is 0 Å². The van der Waals surface area contributed by atoms with Crippen LogP contribution in [0, 0.1) is 5.92 Å². The Labute approximate surface area is 301 Å². The molecular formula is C37H42Cl2F2N4O5. The fraction of sp³-hybridized carbons (Fsp3) is 0.405. The molecule has 3 N–H and O–H groups in total. The van der Waals surface area contributed by atoms with Crippen molar-refractivity contribution in [1.29, 1.82) is 0 Å². The van der Waals surface area contributed by atoms with Gasteiger partial charge in [0, 0.05) is 29.6 Å². The van der Waals surface area contributed by atoms with Crippen molar-refractivity contribution in [3.8, 4) is 5.75 Å². The predicted octanol–water partition coefficient (Wildman–Crippen LogP) is 5.79. The molecule has 1 saturated heterocycles. The Morgan fingerprint density at radius 1 is 0.840 bits per heavy atom. The van der Waals surface area contributed by atoms with Gasteiger partial charge in [0.15, 0.2) is 6.10 Å². The number of nitrogens with one attached hydrogen (secondary N) is 3. The van der Waals surface area contributed by atoms with Crippen molar-refractivity contribution in [1.82, 2.24) is 20.9 Å². The van der Waals surface area contributed by atoms with Gasteiger partial charge < -0.3 is 25.6 Å². The summed E-state index contributed by atoms with van der Waals surface area (Å²) in [7, 11) is 0. The molecule has 9 nitrogen and oxygen atoms in total. The Balaban J connectivity index is 1.53. The Morgan fingerprint density at radius 2 is 1.44 bits per heavy atom. The lowest BCUT2D eigenvalue weighted by Gasteiger charge is -2.29. The molecule has 0 spiro atoms. The molecule has 13 heteroatoms. The minimum Gasteiger partial charge on any atom is -0.480 e. The largest absolute Gasteiger partial charge is 0.480 e. The summed E-state index contributed by atoms with van der Waals surface area (Å²) in [6, 6.07) is 18.5. The van der Waals surface area contributed by atoms with Gasteiger partial charge in [0.2, 0.25) is 11.7 Å². The number of halogens is 4. The van der Waals surface area contributed by atoms with Crippen LogP contribution in [0.4, 0.5) is 8.78 Å². The van der Waals surface area contributed by atoms with Crippen LogP contribution in [0.3, 0.4) is 0 Å². The molecule has 1 unspecified atom stereocenters. The zero-order valence-electron chi connectivity index (χ0n) is 28.0. The van der Waals surface area contributed by atoms with Crippen LogP contribution in [0.1, 0.15) is 50.3 Å². The summed E-state index contributed by atoms with van der Waals surface area (Å²) in [5, 5.41) is 7.82. The second-order valence-corrected chi connectivity index (χ2v) is 13.5. The second-order valence-electron chi connectivity index (χ2n) is 12.6. The summed E-state index contributed by atoms with van der Waals surface area (Å²) < 4.78 is 36.7. The molecule has 0 aromatic heterocycles. The van der Waals surface area contributed by atoms with E-state index in [1.54, 1.807) is 54.6 Å². The maximum absolute atomic E-state index is 15.3. The van der Waals surface area contributed by atoms with Crippen molar-refractivity contribution in [3.63, 3.8) is 0 Å². The van der Waals surface area contributed by atoms with E-state index in [1.807, 2.05) is 6.07 Å². The number of piperidine rings is 1. The number of rotatable bonds is 16. The van der Waals surface area contributed by atoms with Gasteiger partial charge in [0.1, 0.15) is 11.8 Å². The number of likely N-dealkylation sites (tertiary alicyclic amines) is 1. The molecule has 0 aliphatic carbocycles. The first kappa shape index (κ1) is 38.7. The highest BCUT2D eigenvalue weighted by Gasteiger charge is 2.51. The summed E-state index contributed by atoms with van der Waals surface area (Å²) in [6.45, 7) is 4.93. The fourth-order valence-corrected chi connectivity index (χ4v) is 6.16. The molecule has 1 aliphatic heterocycles. The molecule has 3 atom stereocenters. The number of ketones is 1. The zero-order valence-corrected chi connectivity index (χ0v) is 29.5. The maximum Gasteiger partial charge on any atom is 0.383 e. The Bertz CT molecular complexity index is 1590. The monoisotopic (exact) mass is 730 g/mol. The first-order valence-electron chi connectivity index (χ1n) is 16.6. The van der Waals surface area contributed by atoms with Gasteiger partial charge in [-0.1, -0.05) is 104 Å². The minimum atomic E-state index is -4.41. The van der Waals surface area contributed by atoms with Crippen molar-refractivity contribution in [2.45, 2.75) is 63.6 Å². The number of amides is 3. The second kappa shape index (κ2) is 18.3. The van der Waals surface area contributed by atoms with Crippen LogP contribution in [0.5, 0.6) is 5.75 Å². The molecule has 1 aliphatic rings. The molecule has 0 saturated carbocycles. The van der Waals surface area contributed by atoms with E-state index in [0.717, 1.165) is 37.9 Å². The summed E-state index contributed by atoms with van der Waals surface area (Å²) in [6.07, 6.45) is 2.01. The Kier molecular flexibility index (Phi) is 14.1. The van der Waals surface area contributed by atoms with E-state index < -0.39 is 53.5 Å². The van der Waals surface area contributed by atoms with Gasteiger partial charge in [-0.25, -0.2) is 0 Å². The summed E-state index contributed by atoms with van der Waals surface area (Å²) in [5.41, 5.74) is 1.07. The number of hydrogen-bond acceptors (Lipinski definition) is 6. The minimum absolute atomic E-state index is 0.0455. The van der Waals surface area contributed by atoms with E-state index in [4.69, 9.17) is 27.9 Å². The third-order valence-corrected chi connectivity index (χ3v) is 8.79. The molecule has 50 heavy (non-hydrogen) atoms. The van der Waals surface area contributed by atoms with Crippen molar-refractivity contribution in [2.24, 2.45) is 5.92 Å². The maximum atomic E-state index is 15.3. The predicted molar refractivity (Wildman–Crippen MR) is 188 cm³/mol. The van der Waals surface area contributed by atoms with E-state index in [1.165, 1.54) is 32.0 Å². The van der Waals surface area contributed by atoms with Crippen molar-refractivity contribution in [3.05, 3.63) is 100 Å². The zero-order chi connectivity index (χ0) is 36.3. The fourth-order valence-electron chi connectivity index (χ4n) is 5.66. The average Bonchev–Trinajstić information content (AvgIpc) is 3.09. The van der Waals surface area contributed by atoms with Crippen molar-refractivity contribution in [2.75, 3.05) is 26.2 Å². The van der Waals surface area contributed by atoms with E-state index in [0.29, 0.717) is 12.1 Å². The van der Waals surface area contributed by atoms with Gasteiger partial charge >= 0.3 is 5.92 Å². The molecule has 3 aromatic rings. The number of benzene rings is 3. The number of Topliss-reactive ketones (excluding diaryl/α,β-unsaturated/α-hetero) is 1. The van der Waals surface area contributed by atoms with Crippen LogP contribution in [0.15, 0.2) is 78.9 Å². The van der Waals surface area contributed by atoms with Crippen LogP contribution in [0.2, 0.25) is 10.0 Å². The van der Waals surface area contributed by atoms with E-state index in [2.05, 4.69) is 20.9 Å². The third-order valence-electron chi connectivity index (χ3n) is 8.36. The lowest BCUT2D eigenvalue weighted by Crippen LogP contribution is -2.58. The Morgan fingerprint density at radius 3 is 2.04 bits per heavy atom. The van der Waals surface area contributed by atoms with E-state index in [9.17, 15) is 19.2 Å². The molecule has 3 aromatic carbocycles. The molecule has 268 valence electrons. The highest BCUT2D eigenvalue weighted by molar-refractivity contribution is 6.34. The lowest BCUT2D eigenvalue weighted by atomic mass is 9.94. The van der Waals surface area contributed by atoms with Gasteiger partial charge in [-0.3, -0.25) is 19.2 Å². The first-order valence-corrected chi connectivity index (χ1v) is 17.4. The van der Waals surface area contributed by atoms with Gasteiger partial charge in [0.25, 0.3) is 11.8 Å². The molecule has 1 fully saturated rings. The summed E-state index contributed by atoms with van der Waals surface area (Å²) in [5.74, 6) is -10.1. The average molecular weight is 732 g/mol. The molecule has 0 radical (unpaired) electrons. The van der Waals surface area contributed by atoms with Crippen LogP contribution in [0.25, 0.3) is 0 Å². The highest BCUT2D eigenvalue weighted by atomic mass is 35.5. The third kappa shape index (κ3) is 11.0. The molecule has 4 rings (SSSR count). The van der Waals surface area contributed by atoms with Crippen LogP contribution >= 0.6 is 23.2 Å². The first-order chi connectivity index (χ1) is 23.8. The van der Waals surface area contributed by atoms with E-state index in [-0.39, 0.29) is 28.8 Å². The van der Waals surface area contributed by atoms with Crippen LogP contribution in [-0.2, 0) is 25.6 Å². The standard InChI is InChI=1S/C37H42Cl2F2N4O5/c1-24(2)31(33(46)37(40,41)36(49)42-16-19-45-17-10-5-11-18-45)43-35(48)32(26-14-8-4-9-15-26)44-34(47)30(20-25-12-6-3-7-13-25)50-29-22-27(38)21-28(39)23-29/h3-4,6-9,12-15,21-24,30-32H,5,10-11,16-20H2,1-2H3,(H,42,49)(H,43,48)(H,44,47)/t30-,31+,32?/m1/s1. The van der Waals surface area contributed by atoms with E-state index >= 15 is 8.78 Å². The van der Waals surface area contributed by atoms with Gasteiger partial charge in [0.05, 0.1) is 6.04 Å². The van der Waals surface area contributed by atoms with Crippen LogP contribution < -0.4 is 20.7 Å². The summed E-state index contributed by atoms with van der Waals surface area (Å²) >= 11 is 12.3. The number of carbonyl (C=O) groups excluding carboxylic acids is 4. The molecule has 3 amide bonds. The normalized spacial score (nSPS) is 15.4. The smallest absolute Gasteiger partial charge is 0.383 e. The highest BCUT2D eigenvalue weighted by Crippen LogP contribution is 2.27. The Hall–Kier alpha value is -4.06. The molecule has 0 bridgehead atoms. The molecular weight excluding hydrogens is 689 g/mol. The quantitative estimate of drug-likeness (QED) is 0.161. The summed E-state index contributed by atoms with van der Waals surface area (Å²) in [4.78, 5) is 55.6. The number of alkyl halides is 2. The number of nitrogens with zero attached hydrogens (tertiary/aromatic N) is 1. The van der Waals surface area contributed by atoms with Gasteiger partial charge in [-0.05, 0) is 61.2 Å². The van der Waals surface area contributed by atoms with Crippen molar-refractivity contribution >= 4 is 46.7 Å². The lowest BCUT2D eigenvalue weighted by molar-refractivity contribution is -0.161. The van der Waals surface area contributed by atoms with Crippen LogP contribution in [-0.4, -0.2) is 72.7 Å². The number of hydrogen-bond donors (Lipinski definition) is 3. The topological polar surface area (TPSA) is 117 Å². The number of ether oxygens (including phenoxy) is 1. The van der Waals surface area contributed by atoms with Gasteiger partial charge in [-0.2, -0.15) is 8.78 Å². The SMILES string of the molecule is CC(C)[C@H](NC(=O)C(NC(=O)[C@@H](Cc1ccccc1)Oc1cc(Cl)cc(Cl)c1)c1ccccc1)C(=O)C(F)(F)C(=O)NCCN1CCCCC1.